The zero-order valence-corrected chi connectivity index (χ0v) is 17.3. The third-order valence-corrected chi connectivity index (χ3v) is 5.71. The highest BCUT2D eigenvalue weighted by Crippen LogP contribution is 2.20. The normalized spacial score (nSPS) is 14.0. The first-order chi connectivity index (χ1) is 14.0. The highest BCUT2D eigenvalue weighted by atomic mass is 35.5. The summed E-state index contributed by atoms with van der Waals surface area (Å²) in [5.74, 6) is -0.890. The van der Waals surface area contributed by atoms with Gasteiger partial charge in [0.2, 0.25) is 5.91 Å². The van der Waals surface area contributed by atoms with Crippen LogP contribution >= 0.6 is 22.9 Å². The lowest BCUT2D eigenvalue weighted by Gasteiger charge is -2.35. The average molecular weight is 438 g/mol. The summed E-state index contributed by atoms with van der Waals surface area (Å²) in [6.45, 7) is 2.09. The topological polar surface area (TPSA) is 69.7 Å². The van der Waals surface area contributed by atoms with E-state index in [9.17, 15) is 18.8 Å². The zero-order chi connectivity index (χ0) is 20.8. The van der Waals surface area contributed by atoms with Gasteiger partial charge < -0.3 is 15.1 Å². The Balaban J connectivity index is 1.40. The number of piperazine rings is 1. The van der Waals surface area contributed by atoms with Crippen molar-refractivity contribution in [1.29, 1.82) is 0 Å². The van der Waals surface area contributed by atoms with Gasteiger partial charge in [0.1, 0.15) is 5.82 Å². The minimum atomic E-state index is -0.492. The summed E-state index contributed by atoms with van der Waals surface area (Å²) in [6, 6.07) is 5.45. The fourth-order valence-corrected chi connectivity index (χ4v) is 3.97. The Bertz CT molecular complexity index is 883. The number of nitrogens with zero attached hydrogens (tertiary/aromatic N) is 2. The zero-order valence-electron chi connectivity index (χ0n) is 15.7. The smallest absolute Gasteiger partial charge is 0.255 e. The highest BCUT2D eigenvalue weighted by Gasteiger charge is 2.25. The Morgan fingerprint density at radius 1 is 1.10 bits per heavy atom. The quantitative estimate of drug-likeness (QED) is 0.706. The van der Waals surface area contributed by atoms with E-state index >= 15 is 0 Å². The molecule has 2 aromatic rings. The molecule has 0 aliphatic carbocycles. The number of carbonyl (C=O) groups excluding carboxylic acids is 3. The van der Waals surface area contributed by atoms with Crippen LogP contribution in [-0.4, -0.2) is 60.2 Å². The lowest BCUT2D eigenvalue weighted by atomic mass is 10.1. The van der Waals surface area contributed by atoms with Crippen LogP contribution in [0.2, 0.25) is 5.02 Å². The van der Waals surface area contributed by atoms with Gasteiger partial charge in [-0.25, -0.2) is 4.39 Å². The third kappa shape index (κ3) is 5.55. The number of carbonyl (C=O) groups is 3. The van der Waals surface area contributed by atoms with Crippen molar-refractivity contribution in [2.24, 2.45) is 0 Å². The lowest BCUT2D eigenvalue weighted by molar-refractivity contribution is -0.132. The van der Waals surface area contributed by atoms with Gasteiger partial charge in [-0.1, -0.05) is 11.6 Å². The number of halogens is 2. The molecule has 0 saturated carbocycles. The molecule has 154 valence electrons. The van der Waals surface area contributed by atoms with E-state index in [2.05, 4.69) is 5.32 Å². The van der Waals surface area contributed by atoms with E-state index < -0.39 is 5.82 Å². The summed E-state index contributed by atoms with van der Waals surface area (Å²) in [7, 11) is 0. The van der Waals surface area contributed by atoms with Crippen LogP contribution in [0.3, 0.4) is 0 Å². The maximum absolute atomic E-state index is 13.2. The van der Waals surface area contributed by atoms with Gasteiger partial charge in [0.25, 0.3) is 11.8 Å². The summed E-state index contributed by atoms with van der Waals surface area (Å²) in [4.78, 5) is 40.1. The van der Waals surface area contributed by atoms with E-state index in [1.165, 1.54) is 23.5 Å². The van der Waals surface area contributed by atoms with Crippen molar-refractivity contribution in [3.8, 4) is 0 Å². The van der Waals surface area contributed by atoms with E-state index in [1.54, 1.807) is 21.2 Å². The molecule has 0 unspecified atom stereocenters. The van der Waals surface area contributed by atoms with E-state index in [0.29, 0.717) is 51.1 Å². The van der Waals surface area contributed by atoms with Gasteiger partial charge in [-0.05, 0) is 36.1 Å². The number of rotatable bonds is 6. The maximum Gasteiger partial charge on any atom is 0.255 e. The van der Waals surface area contributed by atoms with Gasteiger partial charge in [0, 0.05) is 50.1 Å². The van der Waals surface area contributed by atoms with Crippen molar-refractivity contribution in [3.05, 3.63) is 57.0 Å². The molecule has 0 spiro atoms. The lowest BCUT2D eigenvalue weighted by Crippen LogP contribution is -2.50. The Morgan fingerprint density at radius 2 is 1.83 bits per heavy atom. The molecule has 1 aliphatic heterocycles. The molecule has 0 bridgehead atoms. The Kier molecular flexibility index (Phi) is 7.22. The third-order valence-electron chi connectivity index (χ3n) is 4.72. The molecule has 2 heterocycles. The monoisotopic (exact) mass is 437 g/mol. The van der Waals surface area contributed by atoms with E-state index in [0.717, 1.165) is 6.07 Å². The van der Waals surface area contributed by atoms with Gasteiger partial charge in [-0.3, -0.25) is 14.4 Å². The average Bonchev–Trinajstić information content (AvgIpc) is 3.25. The molecule has 1 fully saturated rings. The van der Waals surface area contributed by atoms with Crippen molar-refractivity contribution in [1.82, 2.24) is 15.1 Å². The maximum atomic E-state index is 13.2. The van der Waals surface area contributed by atoms with Crippen LogP contribution in [0.25, 0.3) is 0 Å². The van der Waals surface area contributed by atoms with Gasteiger partial charge in [0.05, 0.1) is 10.6 Å². The summed E-state index contributed by atoms with van der Waals surface area (Å²) in [6.07, 6.45) is 0.890. The molecule has 3 rings (SSSR count). The Hall–Kier alpha value is -2.45. The van der Waals surface area contributed by atoms with E-state index in [1.807, 2.05) is 5.38 Å². The number of amides is 3. The second-order valence-electron chi connectivity index (χ2n) is 6.67. The molecule has 6 nitrogen and oxygen atoms in total. The minimum absolute atomic E-state index is 0.00157. The first kappa shape index (κ1) is 21.3. The van der Waals surface area contributed by atoms with Crippen molar-refractivity contribution in [2.75, 3.05) is 32.7 Å². The second-order valence-corrected chi connectivity index (χ2v) is 7.86. The number of nitrogens with one attached hydrogen (secondary N) is 1. The van der Waals surface area contributed by atoms with Crippen LogP contribution in [0.1, 0.15) is 33.6 Å². The molecule has 9 heteroatoms. The largest absolute Gasteiger partial charge is 0.352 e. The van der Waals surface area contributed by atoms with Gasteiger partial charge in [-0.15, -0.1) is 0 Å². The Morgan fingerprint density at radius 3 is 2.48 bits per heavy atom. The summed E-state index contributed by atoms with van der Waals surface area (Å²) in [5.41, 5.74) is 0.887. The van der Waals surface area contributed by atoms with E-state index in [-0.39, 0.29) is 28.3 Å². The molecule has 3 amide bonds. The molecule has 1 N–H and O–H groups in total. The number of hydrogen-bond acceptors (Lipinski definition) is 4. The molecular weight excluding hydrogens is 417 g/mol. The molecule has 0 atom stereocenters. The second kappa shape index (κ2) is 9.84. The summed E-state index contributed by atoms with van der Waals surface area (Å²) < 4.78 is 13.2. The molecule has 0 radical (unpaired) electrons. The van der Waals surface area contributed by atoms with Crippen molar-refractivity contribution in [2.45, 2.75) is 12.8 Å². The fourth-order valence-electron chi connectivity index (χ4n) is 3.09. The predicted molar refractivity (Wildman–Crippen MR) is 110 cm³/mol. The molecule has 1 aromatic heterocycles. The first-order valence-corrected chi connectivity index (χ1v) is 10.6. The Labute approximate surface area is 177 Å². The van der Waals surface area contributed by atoms with Crippen molar-refractivity contribution < 1.29 is 18.8 Å². The van der Waals surface area contributed by atoms with Crippen LogP contribution in [0.5, 0.6) is 0 Å². The number of hydrogen-bond donors (Lipinski definition) is 1. The van der Waals surface area contributed by atoms with Crippen molar-refractivity contribution in [3.63, 3.8) is 0 Å². The van der Waals surface area contributed by atoms with Crippen LogP contribution in [0.15, 0.2) is 35.0 Å². The summed E-state index contributed by atoms with van der Waals surface area (Å²) >= 11 is 7.43. The van der Waals surface area contributed by atoms with Crippen LogP contribution in [-0.2, 0) is 4.79 Å². The number of thiophene rings is 1. The standard InChI is InChI=1S/C20H21ClFN3O3S/c21-17-12-15(22)3-4-16(17)20(28)25-9-7-24(8-10-25)18(26)2-1-6-23-19(27)14-5-11-29-13-14/h3-5,11-13H,1-2,6-10H2,(H,23,27). The first-order valence-electron chi connectivity index (χ1n) is 9.28. The highest BCUT2D eigenvalue weighted by molar-refractivity contribution is 7.08. The number of benzene rings is 1. The molecule has 1 aliphatic rings. The van der Waals surface area contributed by atoms with Crippen molar-refractivity contribution >= 4 is 40.7 Å². The van der Waals surface area contributed by atoms with Gasteiger partial charge in [0.15, 0.2) is 0 Å². The molecule has 1 aromatic carbocycles. The van der Waals surface area contributed by atoms with E-state index in [4.69, 9.17) is 11.6 Å². The van der Waals surface area contributed by atoms with Gasteiger partial charge >= 0.3 is 0 Å². The van der Waals surface area contributed by atoms with Gasteiger partial charge in [-0.2, -0.15) is 11.3 Å². The van der Waals surface area contributed by atoms with Crippen LogP contribution < -0.4 is 5.32 Å². The SMILES string of the molecule is O=C(NCCCC(=O)N1CCN(C(=O)c2ccc(F)cc2Cl)CC1)c1ccsc1. The molecule has 1 saturated heterocycles. The summed E-state index contributed by atoms with van der Waals surface area (Å²) in [5, 5.41) is 6.50. The minimum Gasteiger partial charge on any atom is -0.352 e. The molecule has 29 heavy (non-hydrogen) atoms. The van der Waals surface area contributed by atoms with Crippen LogP contribution in [0.4, 0.5) is 4.39 Å². The molecular formula is C20H21ClFN3O3S. The predicted octanol–water partition coefficient (Wildman–Crippen LogP) is 3.04. The fraction of sp³-hybridized carbons (Fsp3) is 0.350. The van der Waals surface area contributed by atoms with Crippen LogP contribution in [0, 0.1) is 5.82 Å².